The fraction of sp³-hybridized carbons (Fsp3) is 0.308. The molecule has 1 heterocycles. The van der Waals surface area contributed by atoms with Gasteiger partial charge in [0, 0.05) is 6.04 Å². The Morgan fingerprint density at radius 3 is 3.00 bits per heavy atom. The summed E-state index contributed by atoms with van der Waals surface area (Å²) >= 11 is 3.14. The average Bonchev–Trinajstić information content (AvgIpc) is 3.10. The first kappa shape index (κ1) is 11.7. The third kappa shape index (κ3) is 2.41. The molecule has 3 rings (SSSR count). The van der Waals surface area contributed by atoms with Crippen molar-refractivity contribution in [2.75, 3.05) is 0 Å². The summed E-state index contributed by atoms with van der Waals surface area (Å²) in [6.07, 6.45) is 6.09. The van der Waals surface area contributed by atoms with Crippen LogP contribution >= 0.6 is 15.9 Å². The summed E-state index contributed by atoms with van der Waals surface area (Å²) in [5.74, 6) is 0.359. The molecule has 0 unspecified atom stereocenters. The van der Waals surface area contributed by atoms with Crippen molar-refractivity contribution in [2.45, 2.75) is 25.5 Å². The van der Waals surface area contributed by atoms with Crippen molar-refractivity contribution in [3.63, 3.8) is 0 Å². The Hall–Kier alpha value is -1.36. The Bertz CT molecular complexity index is 566. The van der Waals surface area contributed by atoms with Crippen LogP contribution in [0.1, 0.15) is 24.6 Å². The van der Waals surface area contributed by atoms with Gasteiger partial charge >= 0.3 is 0 Å². The summed E-state index contributed by atoms with van der Waals surface area (Å²) in [6, 6.07) is 5.23. The molecule has 18 heavy (non-hydrogen) atoms. The van der Waals surface area contributed by atoms with E-state index in [0.29, 0.717) is 22.9 Å². The summed E-state index contributed by atoms with van der Waals surface area (Å²) in [5.41, 5.74) is 1.05. The Labute approximate surface area is 113 Å². The smallest absolute Gasteiger partial charge is 0.137 e. The minimum absolute atomic E-state index is 0.287. The lowest BCUT2D eigenvalue weighted by molar-refractivity contribution is 0.294. The van der Waals surface area contributed by atoms with Gasteiger partial charge in [0.1, 0.15) is 18.2 Å². The molecule has 1 aromatic carbocycles. The first-order valence-corrected chi connectivity index (χ1v) is 6.62. The monoisotopic (exact) mass is 310 g/mol. The number of ether oxygens (including phenoxy) is 1. The number of halogens is 2. The van der Waals surface area contributed by atoms with Gasteiger partial charge in [0.2, 0.25) is 0 Å². The highest BCUT2D eigenvalue weighted by Gasteiger charge is 2.25. The van der Waals surface area contributed by atoms with Crippen molar-refractivity contribution in [1.82, 2.24) is 9.55 Å². The van der Waals surface area contributed by atoms with E-state index in [1.807, 2.05) is 12.5 Å². The predicted octanol–water partition coefficient (Wildman–Crippen LogP) is 3.70. The van der Waals surface area contributed by atoms with Crippen molar-refractivity contribution in [2.24, 2.45) is 0 Å². The van der Waals surface area contributed by atoms with Crippen molar-refractivity contribution < 1.29 is 9.13 Å². The summed E-state index contributed by atoms with van der Waals surface area (Å²) in [5, 5.41) is 0. The van der Waals surface area contributed by atoms with Crippen molar-refractivity contribution in [3.8, 4) is 5.75 Å². The largest absolute Gasteiger partial charge is 0.487 e. The van der Waals surface area contributed by atoms with Crippen LogP contribution in [0, 0.1) is 5.82 Å². The predicted molar refractivity (Wildman–Crippen MR) is 68.9 cm³/mol. The number of aromatic nitrogens is 2. The van der Waals surface area contributed by atoms with Gasteiger partial charge < -0.3 is 9.30 Å². The molecule has 1 aromatic heterocycles. The fourth-order valence-electron chi connectivity index (χ4n) is 1.85. The summed E-state index contributed by atoms with van der Waals surface area (Å²) in [6.45, 7) is 0.453. The molecule has 0 aliphatic heterocycles. The highest BCUT2D eigenvalue weighted by atomic mass is 79.9. The molecule has 0 N–H and O–H groups in total. The highest BCUT2D eigenvalue weighted by molar-refractivity contribution is 9.10. The lowest BCUT2D eigenvalue weighted by atomic mass is 10.3. The van der Waals surface area contributed by atoms with Crippen LogP contribution in [0.25, 0.3) is 0 Å². The van der Waals surface area contributed by atoms with Gasteiger partial charge in [-0.1, -0.05) is 0 Å². The molecule has 0 atom stereocenters. The Morgan fingerprint density at radius 1 is 1.44 bits per heavy atom. The zero-order valence-electron chi connectivity index (χ0n) is 9.64. The second-order valence-corrected chi connectivity index (χ2v) is 5.24. The van der Waals surface area contributed by atoms with E-state index >= 15 is 0 Å². The normalized spacial score (nSPS) is 14.8. The molecule has 0 radical (unpaired) electrons. The van der Waals surface area contributed by atoms with E-state index in [1.54, 1.807) is 12.1 Å². The van der Waals surface area contributed by atoms with Gasteiger partial charge in [-0.2, -0.15) is 0 Å². The lowest BCUT2D eigenvalue weighted by Crippen LogP contribution is -2.03. The Kier molecular flexibility index (Phi) is 3.07. The first-order chi connectivity index (χ1) is 8.74. The van der Waals surface area contributed by atoms with Crippen LogP contribution in [-0.4, -0.2) is 9.55 Å². The Balaban J connectivity index is 1.69. The summed E-state index contributed by atoms with van der Waals surface area (Å²) in [4.78, 5) is 4.14. The SMILES string of the molecule is Fc1ccc(OCc2cncn2C2CC2)cc1Br. The van der Waals surface area contributed by atoms with Crippen LogP contribution in [0.3, 0.4) is 0 Å². The third-order valence-electron chi connectivity index (χ3n) is 2.96. The molecule has 94 valence electrons. The van der Waals surface area contributed by atoms with E-state index < -0.39 is 0 Å². The molecule has 1 aliphatic rings. The number of benzene rings is 1. The van der Waals surface area contributed by atoms with Crippen molar-refractivity contribution in [1.29, 1.82) is 0 Å². The number of nitrogens with zero attached hydrogens (tertiary/aromatic N) is 2. The number of rotatable bonds is 4. The molecule has 3 nitrogen and oxygen atoms in total. The first-order valence-electron chi connectivity index (χ1n) is 5.82. The van der Waals surface area contributed by atoms with Gasteiger partial charge in [-0.25, -0.2) is 9.37 Å². The molecule has 0 amide bonds. The molecule has 5 heteroatoms. The van der Waals surface area contributed by atoms with E-state index in [2.05, 4.69) is 25.5 Å². The second-order valence-electron chi connectivity index (χ2n) is 4.39. The van der Waals surface area contributed by atoms with Crippen LogP contribution in [-0.2, 0) is 6.61 Å². The summed E-state index contributed by atoms with van der Waals surface area (Å²) < 4.78 is 21.3. The zero-order chi connectivity index (χ0) is 12.5. The van der Waals surface area contributed by atoms with Crippen LogP contribution in [0.5, 0.6) is 5.75 Å². The van der Waals surface area contributed by atoms with Crippen LogP contribution < -0.4 is 4.74 Å². The van der Waals surface area contributed by atoms with Crippen LogP contribution in [0.4, 0.5) is 4.39 Å². The highest BCUT2D eigenvalue weighted by Crippen LogP contribution is 2.35. The van der Waals surface area contributed by atoms with Gasteiger partial charge in [0.05, 0.1) is 22.7 Å². The summed E-state index contributed by atoms with van der Waals surface area (Å²) in [7, 11) is 0. The molecule has 0 bridgehead atoms. The van der Waals surface area contributed by atoms with Crippen molar-refractivity contribution >= 4 is 15.9 Å². The molecule has 0 saturated heterocycles. The molecule has 1 saturated carbocycles. The molecule has 2 aromatic rings. The average molecular weight is 311 g/mol. The molecule has 1 fully saturated rings. The van der Waals surface area contributed by atoms with Gasteiger partial charge in [-0.3, -0.25) is 0 Å². The standard InChI is InChI=1S/C13H12BrFN2O/c14-12-5-11(3-4-13(12)15)18-7-10-6-16-8-17(10)9-1-2-9/h3-6,8-9H,1-2,7H2. The molecule has 0 spiro atoms. The number of hydrogen-bond acceptors (Lipinski definition) is 2. The van der Waals surface area contributed by atoms with E-state index in [4.69, 9.17) is 4.74 Å². The Morgan fingerprint density at radius 2 is 2.28 bits per heavy atom. The van der Waals surface area contributed by atoms with Crippen LogP contribution in [0.2, 0.25) is 0 Å². The quantitative estimate of drug-likeness (QED) is 0.861. The topological polar surface area (TPSA) is 27.1 Å². The molecular formula is C13H12BrFN2O. The van der Waals surface area contributed by atoms with Gasteiger partial charge in [0.25, 0.3) is 0 Å². The molecule has 1 aliphatic carbocycles. The number of hydrogen-bond donors (Lipinski definition) is 0. The minimum Gasteiger partial charge on any atom is -0.487 e. The second kappa shape index (κ2) is 4.72. The maximum absolute atomic E-state index is 13.1. The third-order valence-corrected chi connectivity index (χ3v) is 3.57. The maximum atomic E-state index is 13.1. The molecular weight excluding hydrogens is 299 g/mol. The zero-order valence-corrected chi connectivity index (χ0v) is 11.2. The van der Waals surface area contributed by atoms with Gasteiger partial charge in [0.15, 0.2) is 0 Å². The lowest BCUT2D eigenvalue weighted by Gasteiger charge is -2.09. The van der Waals surface area contributed by atoms with E-state index in [9.17, 15) is 4.39 Å². The van der Waals surface area contributed by atoms with Crippen molar-refractivity contribution in [3.05, 3.63) is 46.7 Å². The van der Waals surface area contributed by atoms with Crippen LogP contribution in [0.15, 0.2) is 35.2 Å². The van der Waals surface area contributed by atoms with Gasteiger partial charge in [-0.15, -0.1) is 0 Å². The van der Waals surface area contributed by atoms with E-state index in [0.717, 1.165) is 5.69 Å². The van der Waals surface area contributed by atoms with Gasteiger partial charge in [-0.05, 0) is 47.0 Å². The maximum Gasteiger partial charge on any atom is 0.137 e. The van der Waals surface area contributed by atoms with E-state index in [-0.39, 0.29) is 5.82 Å². The minimum atomic E-state index is -0.287. The number of imidazole rings is 1. The van der Waals surface area contributed by atoms with E-state index in [1.165, 1.54) is 18.9 Å². The fourth-order valence-corrected chi connectivity index (χ4v) is 2.21.